The average molecular weight is 1040 g/mol. The van der Waals surface area contributed by atoms with Gasteiger partial charge in [-0.15, -0.1) is 0 Å². The van der Waals surface area contributed by atoms with Crippen molar-refractivity contribution in [1.29, 1.82) is 0 Å². The van der Waals surface area contributed by atoms with E-state index in [1.807, 2.05) is 0 Å². The first-order valence-corrected chi connectivity index (χ1v) is 33.0. The second-order valence-corrected chi connectivity index (χ2v) is 22.4. The SMILES string of the molecule is CCCCCCCC/C=C\CCCCCCCCCCCC(=O)OCC(COC(=O)CCCCCCCCC/C=C\CCCCCCCCC)OC(=O)CCCCCCCCCCC/C=C\CCCCCCCC. The fourth-order valence-electron chi connectivity index (χ4n) is 9.84. The van der Waals surface area contributed by atoms with Gasteiger partial charge in [-0.05, 0) is 96.3 Å². The van der Waals surface area contributed by atoms with Gasteiger partial charge in [0.05, 0.1) is 0 Å². The van der Waals surface area contributed by atoms with Crippen molar-refractivity contribution in [2.24, 2.45) is 0 Å². The highest BCUT2D eigenvalue weighted by Crippen LogP contribution is 2.17. The number of carbonyl (C=O) groups excluding carboxylic acids is 3. The quantitative estimate of drug-likeness (QED) is 0.0261. The van der Waals surface area contributed by atoms with Crippen LogP contribution in [0.1, 0.15) is 361 Å². The molecule has 6 heteroatoms. The Balaban J connectivity index is 4.34. The van der Waals surface area contributed by atoms with E-state index in [-0.39, 0.29) is 31.1 Å². The van der Waals surface area contributed by atoms with Crippen LogP contribution in [0.4, 0.5) is 0 Å². The standard InChI is InChI=1S/C68H126O6/c1-4-7-10-13-16-19-22-25-28-31-34-37-40-43-46-49-52-55-58-61-67(70)73-64-65(63-72-66(69)60-57-54-51-48-45-42-39-36-33-30-27-24-21-18-15-12-9-6-3)74-68(71)62-59-56-53-50-47-44-41-38-35-32-29-26-23-20-17-14-11-8-5-2/h25-26,28-30,33,65H,4-24,27,31-32,34-64H2,1-3H3/b28-25-,29-26-,33-30-. The Hall–Kier alpha value is -2.37. The van der Waals surface area contributed by atoms with Gasteiger partial charge in [0.25, 0.3) is 0 Å². The fraction of sp³-hybridized carbons (Fsp3) is 0.868. The van der Waals surface area contributed by atoms with Crippen molar-refractivity contribution in [3.8, 4) is 0 Å². The van der Waals surface area contributed by atoms with E-state index in [2.05, 4.69) is 57.2 Å². The lowest BCUT2D eigenvalue weighted by atomic mass is 10.1. The molecule has 74 heavy (non-hydrogen) atoms. The van der Waals surface area contributed by atoms with Crippen molar-refractivity contribution in [1.82, 2.24) is 0 Å². The Bertz CT molecular complexity index is 1240. The molecule has 0 heterocycles. The zero-order valence-corrected chi connectivity index (χ0v) is 49.9. The number of hydrogen-bond donors (Lipinski definition) is 0. The van der Waals surface area contributed by atoms with Crippen LogP contribution < -0.4 is 0 Å². The molecule has 0 aromatic rings. The summed E-state index contributed by atoms with van der Waals surface area (Å²) in [6, 6.07) is 0. The molecular formula is C68H126O6. The number of carbonyl (C=O) groups is 3. The summed E-state index contributed by atoms with van der Waals surface area (Å²) in [5, 5.41) is 0. The van der Waals surface area contributed by atoms with E-state index in [9.17, 15) is 14.4 Å². The first kappa shape index (κ1) is 71.6. The molecule has 0 bridgehead atoms. The summed E-state index contributed by atoms with van der Waals surface area (Å²) in [5.41, 5.74) is 0. The predicted octanol–water partition coefficient (Wildman–Crippen LogP) is 22.4. The Morgan fingerprint density at radius 3 is 0.676 bits per heavy atom. The van der Waals surface area contributed by atoms with E-state index in [1.54, 1.807) is 0 Å². The molecule has 0 spiro atoms. The van der Waals surface area contributed by atoms with Gasteiger partial charge in [0.1, 0.15) is 13.2 Å². The predicted molar refractivity (Wildman–Crippen MR) is 321 cm³/mol. The lowest BCUT2D eigenvalue weighted by molar-refractivity contribution is -0.167. The summed E-state index contributed by atoms with van der Waals surface area (Å²) >= 11 is 0. The highest BCUT2D eigenvalue weighted by molar-refractivity contribution is 5.71. The maximum absolute atomic E-state index is 12.9. The van der Waals surface area contributed by atoms with Crippen LogP contribution in [0.5, 0.6) is 0 Å². The summed E-state index contributed by atoms with van der Waals surface area (Å²) in [6.07, 6.45) is 77.2. The molecule has 1 atom stereocenters. The summed E-state index contributed by atoms with van der Waals surface area (Å²) in [7, 11) is 0. The molecular weight excluding hydrogens is 913 g/mol. The minimum absolute atomic E-state index is 0.0722. The summed E-state index contributed by atoms with van der Waals surface area (Å²) in [6.45, 7) is 6.69. The van der Waals surface area contributed by atoms with Crippen LogP contribution >= 0.6 is 0 Å². The van der Waals surface area contributed by atoms with E-state index in [0.29, 0.717) is 19.3 Å². The van der Waals surface area contributed by atoms with Gasteiger partial charge in [-0.1, -0.05) is 282 Å². The summed E-state index contributed by atoms with van der Waals surface area (Å²) < 4.78 is 17.0. The number of esters is 3. The number of rotatable bonds is 61. The van der Waals surface area contributed by atoms with Gasteiger partial charge in [0.15, 0.2) is 6.10 Å². The van der Waals surface area contributed by atoms with E-state index in [4.69, 9.17) is 14.2 Å². The second kappa shape index (κ2) is 63.2. The van der Waals surface area contributed by atoms with E-state index >= 15 is 0 Å². The minimum atomic E-state index is -0.775. The Kier molecular flexibility index (Phi) is 61.1. The highest BCUT2D eigenvalue weighted by atomic mass is 16.6. The van der Waals surface area contributed by atoms with Crippen molar-refractivity contribution in [3.05, 3.63) is 36.5 Å². The third-order valence-electron chi connectivity index (χ3n) is 14.8. The average Bonchev–Trinajstić information content (AvgIpc) is 3.40. The van der Waals surface area contributed by atoms with Gasteiger partial charge in [0, 0.05) is 19.3 Å². The van der Waals surface area contributed by atoms with Crippen LogP contribution in [0.25, 0.3) is 0 Å². The largest absolute Gasteiger partial charge is 0.462 e. The molecule has 0 aliphatic carbocycles. The second-order valence-electron chi connectivity index (χ2n) is 22.4. The monoisotopic (exact) mass is 1040 g/mol. The minimum Gasteiger partial charge on any atom is -0.462 e. The third-order valence-corrected chi connectivity index (χ3v) is 14.8. The molecule has 0 aliphatic heterocycles. The molecule has 0 aromatic carbocycles. The van der Waals surface area contributed by atoms with Crippen LogP contribution in [0, 0.1) is 0 Å². The highest BCUT2D eigenvalue weighted by Gasteiger charge is 2.19. The molecule has 0 N–H and O–H groups in total. The molecule has 0 radical (unpaired) electrons. The Morgan fingerprint density at radius 2 is 0.446 bits per heavy atom. The molecule has 0 amide bonds. The van der Waals surface area contributed by atoms with E-state index in [0.717, 1.165) is 57.8 Å². The number of unbranched alkanes of at least 4 members (excludes halogenated alkanes) is 44. The van der Waals surface area contributed by atoms with Crippen molar-refractivity contribution in [3.63, 3.8) is 0 Å². The van der Waals surface area contributed by atoms with Crippen molar-refractivity contribution in [2.75, 3.05) is 13.2 Å². The number of hydrogen-bond acceptors (Lipinski definition) is 6. The van der Waals surface area contributed by atoms with Gasteiger partial charge < -0.3 is 14.2 Å². The van der Waals surface area contributed by atoms with Gasteiger partial charge in [-0.2, -0.15) is 0 Å². The molecule has 0 rings (SSSR count). The van der Waals surface area contributed by atoms with Gasteiger partial charge in [-0.3, -0.25) is 14.4 Å². The lowest BCUT2D eigenvalue weighted by Crippen LogP contribution is -2.30. The topological polar surface area (TPSA) is 78.9 Å². The van der Waals surface area contributed by atoms with Gasteiger partial charge in [-0.25, -0.2) is 0 Å². The van der Waals surface area contributed by atoms with Gasteiger partial charge >= 0.3 is 17.9 Å². The molecule has 0 aromatic heterocycles. The maximum atomic E-state index is 12.9. The molecule has 0 fully saturated rings. The number of allylic oxidation sites excluding steroid dienone is 6. The van der Waals surface area contributed by atoms with E-state index < -0.39 is 6.10 Å². The molecule has 0 saturated carbocycles. The third kappa shape index (κ3) is 60.5. The molecule has 1 unspecified atom stereocenters. The first-order valence-electron chi connectivity index (χ1n) is 33.0. The van der Waals surface area contributed by atoms with Crippen molar-refractivity contribution in [2.45, 2.75) is 367 Å². The van der Waals surface area contributed by atoms with Crippen LogP contribution in [-0.4, -0.2) is 37.2 Å². The van der Waals surface area contributed by atoms with E-state index in [1.165, 1.54) is 263 Å². The number of ether oxygens (including phenoxy) is 3. The van der Waals surface area contributed by atoms with Gasteiger partial charge in [0.2, 0.25) is 0 Å². The lowest BCUT2D eigenvalue weighted by Gasteiger charge is -2.18. The van der Waals surface area contributed by atoms with Crippen molar-refractivity contribution >= 4 is 17.9 Å². The zero-order valence-electron chi connectivity index (χ0n) is 49.9. The maximum Gasteiger partial charge on any atom is 0.306 e. The Labute approximate surface area is 461 Å². The smallest absolute Gasteiger partial charge is 0.306 e. The normalized spacial score (nSPS) is 12.2. The van der Waals surface area contributed by atoms with Crippen molar-refractivity contribution < 1.29 is 28.6 Å². The fourth-order valence-corrected chi connectivity index (χ4v) is 9.84. The molecule has 0 saturated heterocycles. The zero-order chi connectivity index (χ0) is 53.6. The Morgan fingerprint density at radius 1 is 0.257 bits per heavy atom. The summed E-state index contributed by atoms with van der Waals surface area (Å²) in [4.78, 5) is 38.4. The van der Waals surface area contributed by atoms with Crippen LogP contribution in [0.3, 0.4) is 0 Å². The summed E-state index contributed by atoms with van der Waals surface area (Å²) in [5.74, 6) is -0.856. The van der Waals surface area contributed by atoms with Crippen LogP contribution in [0.2, 0.25) is 0 Å². The first-order chi connectivity index (χ1) is 36.5. The van der Waals surface area contributed by atoms with Crippen LogP contribution in [-0.2, 0) is 28.6 Å². The molecule has 434 valence electrons. The molecule has 6 nitrogen and oxygen atoms in total. The molecule has 0 aliphatic rings. The van der Waals surface area contributed by atoms with Crippen LogP contribution in [0.15, 0.2) is 36.5 Å².